The molecule has 0 fully saturated rings. The average Bonchev–Trinajstić information content (AvgIpc) is 3.34. The number of carbonyl (C=O) groups is 2. The third-order valence-electron chi connectivity index (χ3n) is 4.99. The number of fused-ring (bicyclic) bond motifs is 3. The smallest absolute Gasteiger partial charge is 0.269 e. The average molecular weight is 461 g/mol. The summed E-state index contributed by atoms with van der Waals surface area (Å²) in [7, 11) is 0. The Morgan fingerprint density at radius 2 is 2.00 bits per heavy atom. The molecule has 4 rings (SSSR count). The number of nitrogens with one attached hydrogen (secondary N) is 2. The van der Waals surface area contributed by atoms with E-state index in [1.165, 1.54) is 29.1 Å². The molecule has 0 atom stereocenters. The Morgan fingerprint density at radius 1 is 1.23 bits per heavy atom. The molecule has 31 heavy (non-hydrogen) atoms. The zero-order valence-electron chi connectivity index (χ0n) is 16.9. The van der Waals surface area contributed by atoms with Gasteiger partial charge in [-0.25, -0.2) is 9.37 Å². The SMILES string of the molecule is CCCn1c(SCC(=O)NNC(=O)c2ccc(F)cc2)nc2sc3c(c2c1=O)CCC3. The minimum absolute atomic E-state index is 0.0174. The molecule has 0 bridgehead atoms. The minimum atomic E-state index is -0.547. The van der Waals surface area contributed by atoms with E-state index in [1.54, 1.807) is 15.9 Å². The molecular formula is C21H21FN4O3S2. The molecule has 3 aromatic rings. The van der Waals surface area contributed by atoms with Gasteiger partial charge in [0.1, 0.15) is 10.6 Å². The first-order valence-corrected chi connectivity index (χ1v) is 11.8. The maximum atomic E-state index is 13.1. The largest absolute Gasteiger partial charge is 0.287 e. The number of aryl methyl sites for hydroxylation is 2. The number of rotatable bonds is 6. The van der Waals surface area contributed by atoms with E-state index in [0.29, 0.717) is 11.7 Å². The zero-order chi connectivity index (χ0) is 22.0. The number of benzene rings is 1. The van der Waals surface area contributed by atoms with Crippen molar-refractivity contribution in [2.75, 3.05) is 5.75 Å². The van der Waals surface area contributed by atoms with Crippen LogP contribution < -0.4 is 16.4 Å². The van der Waals surface area contributed by atoms with Crippen LogP contribution in [0.4, 0.5) is 4.39 Å². The fourth-order valence-corrected chi connectivity index (χ4v) is 5.68. The van der Waals surface area contributed by atoms with Crippen LogP contribution in [0.25, 0.3) is 10.2 Å². The Kier molecular flexibility index (Phi) is 6.38. The molecule has 2 aromatic heterocycles. The molecule has 0 spiro atoms. The van der Waals surface area contributed by atoms with E-state index in [0.717, 1.165) is 53.2 Å². The molecule has 2 amide bonds. The number of hydrogen-bond acceptors (Lipinski definition) is 6. The van der Waals surface area contributed by atoms with Crippen LogP contribution in [0.3, 0.4) is 0 Å². The minimum Gasteiger partial charge on any atom is -0.287 e. The number of amides is 2. The van der Waals surface area contributed by atoms with Gasteiger partial charge in [-0.05, 0) is 55.5 Å². The Hall–Kier alpha value is -2.72. The number of nitrogens with zero attached hydrogens (tertiary/aromatic N) is 2. The second kappa shape index (κ2) is 9.19. The van der Waals surface area contributed by atoms with Crippen molar-refractivity contribution in [2.24, 2.45) is 0 Å². The fraction of sp³-hybridized carbons (Fsp3) is 0.333. The van der Waals surface area contributed by atoms with E-state index in [1.807, 2.05) is 6.92 Å². The van der Waals surface area contributed by atoms with Gasteiger partial charge in [-0.15, -0.1) is 11.3 Å². The molecule has 2 heterocycles. The standard InChI is InChI=1S/C21H21FN4O3S2/c1-2-10-26-20(29)17-14-4-3-5-15(14)31-19(17)23-21(26)30-11-16(27)24-25-18(28)12-6-8-13(22)9-7-12/h6-9H,2-5,10-11H2,1H3,(H,24,27)(H,25,28). The van der Waals surface area contributed by atoms with Crippen LogP contribution in [-0.2, 0) is 24.2 Å². The highest BCUT2D eigenvalue weighted by Gasteiger charge is 2.23. The van der Waals surface area contributed by atoms with Crippen LogP contribution in [0.15, 0.2) is 34.2 Å². The van der Waals surface area contributed by atoms with Gasteiger partial charge < -0.3 is 0 Å². The summed E-state index contributed by atoms with van der Waals surface area (Å²) < 4.78 is 14.6. The number of carbonyl (C=O) groups excluding carboxylic acids is 2. The van der Waals surface area contributed by atoms with E-state index in [-0.39, 0.29) is 16.9 Å². The lowest BCUT2D eigenvalue weighted by Gasteiger charge is -2.12. The summed E-state index contributed by atoms with van der Waals surface area (Å²) in [4.78, 5) is 44.0. The molecule has 2 N–H and O–H groups in total. The third-order valence-corrected chi connectivity index (χ3v) is 7.15. The monoisotopic (exact) mass is 460 g/mol. The van der Waals surface area contributed by atoms with E-state index in [2.05, 4.69) is 15.8 Å². The highest BCUT2D eigenvalue weighted by molar-refractivity contribution is 7.99. The van der Waals surface area contributed by atoms with Crippen molar-refractivity contribution in [2.45, 2.75) is 44.3 Å². The molecule has 0 unspecified atom stereocenters. The molecule has 0 radical (unpaired) electrons. The summed E-state index contributed by atoms with van der Waals surface area (Å²) in [6.45, 7) is 2.51. The lowest BCUT2D eigenvalue weighted by Crippen LogP contribution is -2.42. The summed E-state index contributed by atoms with van der Waals surface area (Å²) in [6.07, 6.45) is 3.75. The maximum absolute atomic E-state index is 13.1. The quantitative estimate of drug-likeness (QED) is 0.335. The molecule has 1 aromatic carbocycles. The normalized spacial score (nSPS) is 12.7. The Morgan fingerprint density at radius 3 is 2.74 bits per heavy atom. The maximum Gasteiger partial charge on any atom is 0.269 e. The van der Waals surface area contributed by atoms with E-state index in [4.69, 9.17) is 0 Å². The molecule has 0 aliphatic heterocycles. The van der Waals surface area contributed by atoms with Crippen molar-refractivity contribution in [3.63, 3.8) is 0 Å². The summed E-state index contributed by atoms with van der Waals surface area (Å²) in [5.74, 6) is -1.45. The Bertz CT molecular complexity index is 1200. The zero-order valence-corrected chi connectivity index (χ0v) is 18.5. The molecule has 10 heteroatoms. The highest BCUT2D eigenvalue weighted by Crippen LogP contribution is 2.35. The van der Waals surface area contributed by atoms with Gasteiger partial charge in [-0.2, -0.15) is 0 Å². The van der Waals surface area contributed by atoms with Crippen molar-refractivity contribution in [1.82, 2.24) is 20.4 Å². The number of thiophene rings is 1. The van der Waals surface area contributed by atoms with Gasteiger partial charge >= 0.3 is 0 Å². The summed E-state index contributed by atoms with van der Waals surface area (Å²) in [5.41, 5.74) is 5.96. The first kappa shape index (κ1) is 21.5. The van der Waals surface area contributed by atoms with Crippen molar-refractivity contribution in [3.05, 3.63) is 56.4 Å². The van der Waals surface area contributed by atoms with Gasteiger partial charge in [0.25, 0.3) is 11.5 Å². The molecule has 1 aliphatic rings. The predicted molar refractivity (Wildman–Crippen MR) is 119 cm³/mol. The van der Waals surface area contributed by atoms with Gasteiger partial charge in [0.2, 0.25) is 5.91 Å². The van der Waals surface area contributed by atoms with Crippen LogP contribution in [0.1, 0.15) is 40.6 Å². The number of hydrogen-bond donors (Lipinski definition) is 2. The Labute approximate surface area is 186 Å². The fourth-order valence-electron chi connectivity index (χ4n) is 3.56. The van der Waals surface area contributed by atoms with Gasteiger partial charge in [-0.3, -0.25) is 29.8 Å². The van der Waals surface area contributed by atoms with Crippen molar-refractivity contribution in [1.29, 1.82) is 0 Å². The molecule has 1 aliphatic carbocycles. The van der Waals surface area contributed by atoms with E-state index in [9.17, 15) is 18.8 Å². The first-order valence-electron chi connectivity index (χ1n) is 10.0. The topological polar surface area (TPSA) is 93.1 Å². The molecule has 0 saturated heterocycles. The molecular weight excluding hydrogens is 439 g/mol. The van der Waals surface area contributed by atoms with E-state index >= 15 is 0 Å². The number of aromatic nitrogens is 2. The number of hydrazine groups is 1. The summed E-state index contributed by atoms with van der Waals surface area (Å²) in [5, 5.41) is 1.23. The molecule has 7 nitrogen and oxygen atoms in total. The highest BCUT2D eigenvalue weighted by atomic mass is 32.2. The van der Waals surface area contributed by atoms with Crippen LogP contribution in [0.5, 0.6) is 0 Å². The molecule has 162 valence electrons. The molecule has 0 saturated carbocycles. The van der Waals surface area contributed by atoms with E-state index < -0.39 is 17.6 Å². The van der Waals surface area contributed by atoms with Crippen LogP contribution in [0, 0.1) is 5.82 Å². The predicted octanol–water partition coefficient (Wildman–Crippen LogP) is 3.05. The lowest BCUT2D eigenvalue weighted by molar-refractivity contribution is -0.119. The van der Waals surface area contributed by atoms with Crippen molar-refractivity contribution >= 4 is 45.1 Å². The van der Waals surface area contributed by atoms with Crippen molar-refractivity contribution in [3.8, 4) is 0 Å². The van der Waals surface area contributed by atoms with Gasteiger partial charge in [-0.1, -0.05) is 18.7 Å². The summed E-state index contributed by atoms with van der Waals surface area (Å²) >= 11 is 2.73. The third kappa shape index (κ3) is 4.49. The first-order chi connectivity index (χ1) is 15.0. The van der Waals surface area contributed by atoms with Gasteiger partial charge in [0.15, 0.2) is 5.16 Å². The second-order valence-electron chi connectivity index (χ2n) is 7.19. The van der Waals surface area contributed by atoms with Gasteiger partial charge in [0.05, 0.1) is 11.1 Å². The van der Waals surface area contributed by atoms with Crippen molar-refractivity contribution < 1.29 is 14.0 Å². The summed E-state index contributed by atoms with van der Waals surface area (Å²) in [6, 6.07) is 4.99. The Balaban J connectivity index is 1.45. The van der Waals surface area contributed by atoms with Gasteiger partial charge in [0, 0.05) is 17.0 Å². The number of halogens is 1. The van der Waals surface area contributed by atoms with Crippen LogP contribution in [0.2, 0.25) is 0 Å². The van der Waals surface area contributed by atoms with Crippen LogP contribution in [-0.4, -0.2) is 27.1 Å². The van der Waals surface area contributed by atoms with Crippen LogP contribution >= 0.6 is 23.1 Å². The lowest BCUT2D eigenvalue weighted by atomic mass is 10.2. The number of thioether (sulfide) groups is 1. The second-order valence-corrected chi connectivity index (χ2v) is 9.21.